The minimum Gasteiger partial charge on any atom is -0.147 e. The van der Waals surface area contributed by atoms with Gasteiger partial charge in [-0.15, -0.1) is 188 Å². The predicted molar refractivity (Wildman–Crippen MR) is 533 cm³/mol. The molecule has 8 heteroatoms. The first-order valence-electron chi connectivity index (χ1n) is 40.4. The van der Waals surface area contributed by atoms with E-state index in [0.717, 1.165) is 12.8 Å². The summed E-state index contributed by atoms with van der Waals surface area (Å²) in [6.07, 6.45) is 2.10. The molecule has 22 aromatic rings. The van der Waals surface area contributed by atoms with Crippen molar-refractivity contribution in [2.45, 2.75) is 53.6 Å². The second kappa shape index (κ2) is 40.0. The Bertz CT molecular complexity index is 6840. The first kappa shape index (κ1) is 87.7. The summed E-state index contributed by atoms with van der Waals surface area (Å²) in [7, 11) is 0. The first-order chi connectivity index (χ1) is 56.9. The molecule has 0 spiro atoms. The van der Waals surface area contributed by atoms with E-state index < -0.39 is 0 Å². The Morgan fingerprint density at radius 3 is 0.683 bits per heavy atom. The Labute approximate surface area is 759 Å². The van der Waals surface area contributed by atoms with Gasteiger partial charge in [0.25, 0.3) is 0 Å². The van der Waals surface area contributed by atoms with Crippen molar-refractivity contribution in [3.05, 3.63) is 423 Å². The average molecular weight is 1820 g/mol. The van der Waals surface area contributed by atoms with Crippen molar-refractivity contribution in [1.82, 2.24) is 0 Å². The van der Waals surface area contributed by atoms with Crippen LogP contribution >= 0.6 is 49.6 Å². The number of fused-ring (bicyclic) bond motifs is 16. The largest absolute Gasteiger partial charge is 0.147 e. The number of halogens is 4. The smallest absolute Gasteiger partial charge is 0.0174 e. The van der Waals surface area contributed by atoms with Crippen LogP contribution in [0.25, 0.3) is 174 Å². The number of aryl methyl sites for hydroxylation is 4. The van der Waals surface area contributed by atoms with Crippen LogP contribution in [0.5, 0.6) is 0 Å². The molecule has 0 N–H and O–H groups in total. The van der Waals surface area contributed by atoms with E-state index in [0.29, 0.717) is 0 Å². The molecule has 0 aliphatic rings. The Morgan fingerprint density at radius 1 is 0.225 bits per heavy atom. The molecule has 0 unspecified atom stereocenters. The number of hydrogen-bond donors (Lipinski definition) is 0. The van der Waals surface area contributed by atoms with E-state index in [-0.39, 0.29) is 60.5 Å². The molecule has 120 heavy (non-hydrogen) atoms. The van der Waals surface area contributed by atoms with Gasteiger partial charge in [-0.1, -0.05) is 325 Å². The first-order valence-corrected chi connectivity index (χ1v) is 51.8. The van der Waals surface area contributed by atoms with Crippen LogP contribution in [0.1, 0.15) is 36.1 Å². The summed E-state index contributed by atoms with van der Waals surface area (Å²) < 4.78 is 0. The zero-order valence-electron chi connectivity index (χ0n) is 68.2. The fourth-order valence-electron chi connectivity index (χ4n) is 16.9. The Hall–Kier alpha value is -10.2. The van der Waals surface area contributed by atoms with E-state index in [1.807, 2.05) is 0 Å². The minimum absolute atomic E-state index is 0. The molecular weight excluding hydrogens is 1730 g/mol. The maximum Gasteiger partial charge on any atom is -0.0174 e. The zero-order valence-corrected chi connectivity index (χ0v) is 78.3. The van der Waals surface area contributed by atoms with Crippen molar-refractivity contribution in [3.8, 4) is 44.5 Å². The summed E-state index contributed by atoms with van der Waals surface area (Å²) >= 11 is 3.38. The van der Waals surface area contributed by atoms with Crippen molar-refractivity contribution in [1.29, 1.82) is 0 Å². The molecule has 0 bridgehead atoms. The molecule has 0 atom stereocenters. The van der Waals surface area contributed by atoms with Crippen LogP contribution in [0.15, 0.2) is 400 Å². The van der Waals surface area contributed by atoms with Crippen LogP contribution in [0.3, 0.4) is 0 Å². The van der Waals surface area contributed by atoms with Gasteiger partial charge in [0, 0.05) is 0 Å². The Kier molecular flexibility index (Phi) is 29.2. The summed E-state index contributed by atoms with van der Waals surface area (Å²) in [5.74, 6) is 0. The summed E-state index contributed by atoms with van der Waals surface area (Å²) in [6, 6.07) is 146. The maximum absolute atomic E-state index is 2.38. The van der Waals surface area contributed by atoms with Crippen LogP contribution in [-0.4, -0.2) is 10.9 Å². The Morgan fingerprint density at radius 2 is 0.442 bits per heavy atom. The van der Waals surface area contributed by atoms with Crippen LogP contribution in [0.2, 0.25) is 13.1 Å². The third-order valence-corrected chi connectivity index (χ3v) is 29.4. The van der Waals surface area contributed by atoms with Gasteiger partial charge in [-0.3, -0.25) is 0 Å². The SMILES string of the molecule is CCc1cc(-c2cc3ccccc3[cH-]2)c2c(ccc3ccccc32)c1.CCc1cc(-c2cc3ccccc3[cH-]2)c2c(ccc3ccccc32)c1.C[Si](=[Zr+2])c1ccccc1.C[Si](=[Zr+2])c1ccccc1.Cc1cc(-c2cc3ccccc3[cH-]2)c2c(ccc3ccccc32)c1.Cc1cc(-c2cc3ccccc3[cH-]2)c2c(ccc3ccccc32)c1.Cl.Cl.Cl.Cl. The maximum atomic E-state index is 2.38. The molecule has 0 amide bonds. The molecule has 0 aliphatic heterocycles. The van der Waals surface area contributed by atoms with Gasteiger partial charge in [-0.25, -0.2) is 0 Å². The van der Waals surface area contributed by atoms with Crippen LogP contribution in [-0.2, 0) is 59.5 Å². The molecule has 584 valence electrons. The third kappa shape index (κ3) is 19.1. The van der Waals surface area contributed by atoms with E-state index in [1.165, 1.54) is 196 Å². The zero-order chi connectivity index (χ0) is 79.2. The monoisotopic (exact) mass is 1810 g/mol. The second-order valence-electron chi connectivity index (χ2n) is 30.6. The van der Waals surface area contributed by atoms with Crippen LogP contribution in [0, 0.1) is 13.8 Å². The van der Waals surface area contributed by atoms with Crippen LogP contribution < -0.4 is 10.4 Å². The standard InChI is InChI=1S/2C25H19.2C24H17.2C7H8Si.4ClH.2Zr/c2*1-2-17-13-21-12-11-18-7-5-6-10-23(18)25(21)24(14-17)22-15-19-8-3-4-9-20(19)16-22;2*1-16-12-20-11-10-17-6-4-5-9-22(17)24(20)23(13-16)21-14-18-7-2-3-8-19(18)15-21;2*1-8-7-5-3-2-4-6-7;;;;;;/h2*3-16H,2H2,1H3;2*2-15H,1H3;2*2-6H,1H3;4*1H;;/q4*-1;;;;;;;2*+2. The summed E-state index contributed by atoms with van der Waals surface area (Å²) in [5.41, 5.74) is 15.8. The van der Waals surface area contributed by atoms with Gasteiger partial charge in [0.2, 0.25) is 0 Å². The van der Waals surface area contributed by atoms with E-state index in [4.69, 9.17) is 0 Å². The molecule has 0 fully saturated rings. The van der Waals surface area contributed by atoms with Crippen LogP contribution in [0.4, 0.5) is 0 Å². The van der Waals surface area contributed by atoms with E-state index in [1.54, 1.807) is 57.0 Å². The normalized spacial score (nSPS) is 10.8. The molecule has 0 aliphatic carbocycles. The van der Waals surface area contributed by atoms with Crippen molar-refractivity contribution in [3.63, 3.8) is 0 Å². The van der Waals surface area contributed by atoms with E-state index >= 15 is 0 Å². The average Bonchev–Trinajstić information content (AvgIpc) is 1.41. The number of benzene rings is 18. The quantitative estimate of drug-likeness (QED) is 0.0808. The second-order valence-corrected chi connectivity index (χ2v) is 45.3. The van der Waals surface area contributed by atoms with Gasteiger partial charge in [-0.05, 0) is 113 Å². The van der Waals surface area contributed by atoms with Crippen molar-refractivity contribution in [2.75, 3.05) is 0 Å². The molecule has 0 radical (unpaired) electrons. The third-order valence-electron chi connectivity index (χ3n) is 22.7. The summed E-state index contributed by atoms with van der Waals surface area (Å²) in [6.45, 7) is 13.5. The van der Waals surface area contributed by atoms with Gasteiger partial charge >= 0.3 is 142 Å². The number of rotatable bonds is 8. The predicted octanol–water partition coefficient (Wildman–Crippen LogP) is 31.7. The molecule has 0 heterocycles. The Balaban J connectivity index is 0.000000128. The molecule has 0 saturated heterocycles. The van der Waals surface area contributed by atoms with Crippen molar-refractivity contribution < 1.29 is 46.7 Å². The molecular formula is C112H92Cl4Si2Zr2. The molecule has 0 nitrogen and oxygen atoms in total. The van der Waals surface area contributed by atoms with Crippen molar-refractivity contribution in [2.24, 2.45) is 0 Å². The summed E-state index contributed by atoms with van der Waals surface area (Å²) in [5, 5.41) is 34.9. The molecule has 0 saturated carbocycles. The molecule has 22 aromatic carbocycles. The van der Waals surface area contributed by atoms with Gasteiger partial charge in [0.15, 0.2) is 0 Å². The van der Waals surface area contributed by atoms with Gasteiger partial charge in [-0.2, -0.15) is 0 Å². The van der Waals surface area contributed by atoms with Gasteiger partial charge < -0.3 is 0 Å². The topological polar surface area (TPSA) is 0 Å². The fourth-order valence-corrected chi connectivity index (χ4v) is 20.8. The minimum atomic E-state index is -0.122. The van der Waals surface area contributed by atoms with E-state index in [2.05, 4.69) is 441 Å². The van der Waals surface area contributed by atoms with Gasteiger partial charge in [0.05, 0.1) is 0 Å². The fraction of sp³-hybridized carbons (Fsp3) is 0.0714. The molecule has 22 rings (SSSR count). The summed E-state index contributed by atoms with van der Waals surface area (Å²) in [4.78, 5) is 0. The van der Waals surface area contributed by atoms with Gasteiger partial charge in [0.1, 0.15) is 0 Å². The molecule has 0 aromatic heterocycles. The van der Waals surface area contributed by atoms with Crippen molar-refractivity contribution >= 4 is 200 Å². The van der Waals surface area contributed by atoms with E-state index in [9.17, 15) is 0 Å². The number of hydrogen-bond acceptors (Lipinski definition) is 0.